The molecule has 1 aliphatic heterocycles. The Balaban J connectivity index is 1.26. The van der Waals surface area contributed by atoms with Crippen LogP contribution < -0.4 is 5.32 Å². The third-order valence-corrected chi connectivity index (χ3v) is 7.23. The van der Waals surface area contributed by atoms with Crippen LogP contribution in [0.2, 0.25) is 0 Å². The number of ether oxygens (including phenoxy) is 1. The monoisotopic (exact) mass is 432 g/mol. The van der Waals surface area contributed by atoms with Crippen molar-refractivity contribution in [3.05, 3.63) is 65.7 Å². The van der Waals surface area contributed by atoms with Crippen LogP contribution in [-0.2, 0) is 19.1 Å². The molecule has 2 aromatic rings. The average Bonchev–Trinajstić information content (AvgIpc) is 3.47. The summed E-state index contributed by atoms with van der Waals surface area (Å²) in [6, 6.07) is 16.4. The number of likely N-dealkylation sites (tertiary alicyclic amines) is 1. The fourth-order valence-electron chi connectivity index (χ4n) is 5.91. The summed E-state index contributed by atoms with van der Waals surface area (Å²) in [5.74, 6) is -1.30. The minimum atomic E-state index is -0.467. The number of carbonyl (C=O) groups excluding carboxylic acids is 4. The van der Waals surface area contributed by atoms with Crippen LogP contribution in [-0.4, -0.2) is 42.2 Å². The summed E-state index contributed by atoms with van der Waals surface area (Å²) in [5.41, 5.74) is 2.07. The molecule has 2 bridgehead atoms. The molecule has 0 aromatic heterocycles. The Labute approximate surface area is 185 Å². The van der Waals surface area contributed by atoms with E-state index in [1.165, 1.54) is 12.7 Å². The van der Waals surface area contributed by atoms with Crippen LogP contribution in [0.15, 0.2) is 54.6 Å². The van der Waals surface area contributed by atoms with Crippen LogP contribution in [0.1, 0.15) is 34.7 Å². The van der Waals surface area contributed by atoms with Crippen LogP contribution in [0.5, 0.6) is 0 Å². The Kier molecular flexibility index (Phi) is 5.04. The number of fused-ring (bicyclic) bond motifs is 5. The molecule has 0 unspecified atom stereocenters. The number of anilines is 1. The van der Waals surface area contributed by atoms with Crippen molar-refractivity contribution in [1.82, 2.24) is 4.90 Å². The predicted molar refractivity (Wildman–Crippen MR) is 116 cm³/mol. The van der Waals surface area contributed by atoms with Gasteiger partial charge in [0.15, 0.2) is 0 Å². The molecule has 2 saturated carbocycles. The summed E-state index contributed by atoms with van der Waals surface area (Å²) in [5, 5.41) is 2.70. The number of nitrogens with zero attached hydrogens (tertiary/aromatic N) is 1. The van der Waals surface area contributed by atoms with Gasteiger partial charge in [-0.2, -0.15) is 0 Å². The molecule has 164 valence electrons. The summed E-state index contributed by atoms with van der Waals surface area (Å²) in [6.45, 7) is -0.293. The lowest BCUT2D eigenvalue weighted by Gasteiger charge is -2.28. The first kappa shape index (κ1) is 20.4. The van der Waals surface area contributed by atoms with Crippen LogP contribution in [0.25, 0.3) is 0 Å². The molecular formula is C25H24N2O5. The van der Waals surface area contributed by atoms with Crippen molar-refractivity contribution in [2.24, 2.45) is 23.7 Å². The first-order valence-corrected chi connectivity index (χ1v) is 10.9. The van der Waals surface area contributed by atoms with Crippen molar-refractivity contribution in [1.29, 1.82) is 0 Å². The Bertz CT molecular complexity index is 1080. The maximum absolute atomic E-state index is 13.2. The smallest absolute Gasteiger partial charge is 0.337 e. The average molecular weight is 432 g/mol. The number of carbonyl (C=O) groups is 4. The number of hydrogen-bond donors (Lipinski definition) is 1. The normalized spacial score (nSPS) is 28.0. The van der Waals surface area contributed by atoms with Gasteiger partial charge in [0.05, 0.1) is 24.5 Å². The van der Waals surface area contributed by atoms with Crippen molar-refractivity contribution in [2.45, 2.75) is 18.8 Å². The third kappa shape index (κ3) is 3.28. The lowest BCUT2D eigenvalue weighted by Crippen LogP contribution is -2.39. The fourth-order valence-corrected chi connectivity index (χ4v) is 5.91. The summed E-state index contributed by atoms with van der Waals surface area (Å²) < 4.78 is 4.66. The Morgan fingerprint density at radius 3 is 2.34 bits per heavy atom. The highest BCUT2D eigenvalue weighted by atomic mass is 16.5. The zero-order chi connectivity index (χ0) is 22.4. The highest BCUT2D eigenvalue weighted by molar-refractivity contribution is 6.09. The molecular weight excluding hydrogens is 408 g/mol. The van der Waals surface area contributed by atoms with Crippen LogP contribution in [0.3, 0.4) is 0 Å². The SMILES string of the molecule is COC(=O)c1ccc(NC(=O)CN2C(=O)[C@@H]3[C@@H]4C[C@@H]([C@H]3C2=O)[C@H](c2ccccc2)C4)cc1. The Morgan fingerprint density at radius 2 is 1.66 bits per heavy atom. The van der Waals surface area contributed by atoms with Gasteiger partial charge in [0.25, 0.3) is 0 Å². The first-order chi connectivity index (χ1) is 15.5. The number of imide groups is 1. The van der Waals surface area contributed by atoms with Crippen molar-refractivity contribution >= 4 is 29.4 Å². The number of hydrogen-bond acceptors (Lipinski definition) is 5. The van der Waals surface area contributed by atoms with E-state index in [-0.39, 0.29) is 42.0 Å². The highest BCUT2D eigenvalue weighted by Gasteiger charge is 2.63. The minimum Gasteiger partial charge on any atom is -0.465 e. The maximum atomic E-state index is 13.2. The molecule has 5 rings (SSSR count). The van der Waals surface area contributed by atoms with Gasteiger partial charge in [-0.3, -0.25) is 19.3 Å². The number of benzene rings is 2. The van der Waals surface area contributed by atoms with Gasteiger partial charge in [-0.15, -0.1) is 0 Å². The molecule has 3 aliphatic rings. The highest BCUT2D eigenvalue weighted by Crippen LogP contribution is 2.61. The van der Waals surface area contributed by atoms with Gasteiger partial charge in [-0.25, -0.2) is 4.79 Å². The van der Waals surface area contributed by atoms with Crippen molar-refractivity contribution in [3.63, 3.8) is 0 Å². The summed E-state index contributed by atoms with van der Waals surface area (Å²) >= 11 is 0. The number of nitrogens with one attached hydrogen (secondary N) is 1. The molecule has 5 atom stereocenters. The van der Waals surface area contributed by atoms with Crippen LogP contribution in [0, 0.1) is 23.7 Å². The molecule has 3 fully saturated rings. The maximum Gasteiger partial charge on any atom is 0.337 e. The number of methoxy groups -OCH3 is 1. The van der Waals surface area contributed by atoms with Gasteiger partial charge in [-0.1, -0.05) is 30.3 Å². The Hall–Kier alpha value is -3.48. The van der Waals surface area contributed by atoms with E-state index in [0.717, 1.165) is 17.7 Å². The number of rotatable bonds is 5. The second-order valence-electron chi connectivity index (χ2n) is 8.84. The second kappa shape index (κ2) is 7.89. The van der Waals surface area contributed by atoms with Gasteiger partial charge < -0.3 is 10.1 Å². The largest absolute Gasteiger partial charge is 0.465 e. The van der Waals surface area contributed by atoms with E-state index in [1.54, 1.807) is 24.3 Å². The minimum absolute atomic E-state index is 0.155. The predicted octanol–water partition coefficient (Wildman–Crippen LogP) is 2.84. The summed E-state index contributed by atoms with van der Waals surface area (Å²) in [6.07, 6.45) is 1.82. The zero-order valence-electron chi connectivity index (χ0n) is 17.7. The zero-order valence-corrected chi connectivity index (χ0v) is 17.7. The third-order valence-electron chi connectivity index (χ3n) is 7.23. The topological polar surface area (TPSA) is 92.8 Å². The summed E-state index contributed by atoms with van der Waals surface area (Å²) in [7, 11) is 1.30. The van der Waals surface area contributed by atoms with E-state index in [0.29, 0.717) is 17.2 Å². The van der Waals surface area contributed by atoms with E-state index in [4.69, 9.17) is 0 Å². The molecule has 1 heterocycles. The van der Waals surface area contributed by atoms with E-state index in [1.807, 2.05) is 18.2 Å². The molecule has 3 amide bonds. The second-order valence-corrected chi connectivity index (χ2v) is 8.84. The standard InChI is InChI=1S/C25H24N2O5/c1-32-25(31)15-7-9-17(10-8-15)26-20(28)13-27-23(29)21-16-11-18(14-5-3-2-4-6-14)19(12-16)22(21)24(27)30/h2-10,16,18-19,21-22H,11-13H2,1H3,(H,26,28)/t16-,18-,19+,21+,22+/m0/s1. The molecule has 2 aromatic carbocycles. The molecule has 2 aliphatic carbocycles. The first-order valence-electron chi connectivity index (χ1n) is 10.9. The van der Waals surface area contributed by atoms with Gasteiger partial charge in [0.2, 0.25) is 17.7 Å². The molecule has 7 heteroatoms. The molecule has 0 radical (unpaired) electrons. The molecule has 7 nitrogen and oxygen atoms in total. The number of amides is 3. The van der Waals surface area contributed by atoms with E-state index >= 15 is 0 Å². The summed E-state index contributed by atoms with van der Waals surface area (Å²) in [4.78, 5) is 51.5. The van der Waals surface area contributed by atoms with Gasteiger partial charge >= 0.3 is 5.97 Å². The molecule has 0 spiro atoms. The molecule has 1 saturated heterocycles. The van der Waals surface area contributed by atoms with E-state index in [2.05, 4.69) is 22.2 Å². The van der Waals surface area contributed by atoms with Gasteiger partial charge in [-0.05, 0) is 60.4 Å². The fraction of sp³-hybridized carbons (Fsp3) is 0.360. The van der Waals surface area contributed by atoms with Crippen LogP contribution in [0.4, 0.5) is 5.69 Å². The van der Waals surface area contributed by atoms with Crippen molar-refractivity contribution < 1.29 is 23.9 Å². The molecule has 1 N–H and O–H groups in total. The lowest BCUT2D eigenvalue weighted by molar-refractivity contribution is -0.143. The van der Waals surface area contributed by atoms with E-state index in [9.17, 15) is 19.2 Å². The van der Waals surface area contributed by atoms with Gasteiger partial charge in [0.1, 0.15) is 6.54 Å². The van der Waals surface area contributed by atoms with Crippen LogP contribution >= 0.6 is 0 Å². The number of esters is 1. The lowest BCUT2D eigenvalue weighted by atomic mass is 9.73. The van der Waals surface area contributed by atoms with Gasteiger partial charge in [0, 0.05) is 5.69 Å². The quantitative estimate of drug-likeness (QED) is 0.579. The molecule has 32 heavy (non-hydrogen) atoms. The van der Waals surface area contributed by atoms with Crippen molar-refractivity contribution in [2.75, 3.05) is 19.0 Å². The van der Waals surface area contributed by atoms with Crippen molar-refractivity contribution in [3.8, 4) is 0 Å². The Morgan fingerprint density at radius 1 is 0.969 bits per heavy atom. The van der Waals surface area contributed by atoms with E-state index < -0.39 is 11.9 Å².